The van der Waals surface area contributed by atoms with Crippen molar-refractivity contribution in [1.29, 1.82) is 0 Å². The third kappa shape index (κ3) is 3.40. The zero-order valence-electron chi connectivity index (χ0n) is 7.53. The van der Waals surface area contributed by atoms with E-state index in [2.05, 4.69) is 15.0 Å². The summed E-state index contributed by atoms with van der Waals surface area (Å²) in [5, 5.41) is 1.21. The van der Waals surface area contributed by atoms with Crippen molar-refractivity contribution in [3.63, 3.8) is 0 Å². The number of aromatic amines is 1. The van der Waals surface area contributed by atoms with Gasteiger partial charge in [-0.3, -0.25) is 4.98 Å². The molecule has 0 saturated heterocycles. The number of rotatable bonds is 4. The molecule has 1 aromatic heterocycles. The minimum atomic E-state index is -0.318. The van der Waals surface area contributed by atoms with Gasteiger partial charge in [-0.2, -0.15) is 9.97 Å². The Morgan fingerprint density at radius 2 is 1.92 bits per heavy atom. The number of nitrogens with zero attached hydrogens (tertiary/aromatic N) is 2. The van der Waals surface area contributed by atoms with Crippen molar-refractivity contribution in [2.75, 3.05) is 11.5 Å². The lowest BCUT2D eigenvalue weighted by atomic mass is 11.0. The summed E-state index contributed by atoms with van der Waals surface area (Å²) < 4.78 is 0. The molecule has 1 aromatic rings. The van der Waals surface area contributed by atoms with Crippen molar-refractivity contribution in [2.45, 2.75) is 24.2 Å². The van der Waals surface area contributed by atoms with Crippen LogP contribution >= 0.6 is 23.5 Å². The molecule has 1 heterocycles. The average Bonchev–Trinajstić information content (AvgIpc) is 2.04. The van der Waals surface area contributed by atoms with Crippen molar-refractivity contribution < 1.29 is 0 Å². The first-order valence-electron chi connectivity index (χ1n) is 4.00. The van der Waals surface area contributed by atoms with E-state index in [9.17, 15) is 4.79 Å². The number of H-pyrrole nitrogens is 1. The summed E-state index contributed by atoms with van der Waals surface area (Å²) in [5.41, 5.74) is -0.318. The summed E-state index contributed by atoms with van der Waals surface area (Å²) in [6, 6.07) is 0. The fourth-order valence-electron chi connectivity index (χ4n) is 0.745. The SMILES string of the molecule is CCSc1nc(SCC)[nH]c(=O)n1. The van der Waals surface area contributed by atoms with E-state index in [1.165, 1.54) is 23.5 Å². The van der Waals surface area contributed by atoms with E-state index in [4.69, 9.17) is 0 Å². The molecule has 6 heteroatoms. The first-order chi connectivity index (χ1) is 6.26. The monoisotopic (exact) mass is 217 g/mol. The van der Waals surface area contributed by atoms with E-state index in [0.717, 1.165) is 11.5 Å². The third-order valence-corrected chi connectivity index (χ3v) is 2.65. The van der Waals surface area contributed by atoms with Crippen LogP contribution in [0.3, 0.4) is 0 Å². The molecule has 4 nitrogen and oxygen atoms in total. The van der Waals surface area contributed by atoms with Gasteiger partial charge in [-0.1, -0.05) is 37.4 Å². The van der Waals surface area contributed by atoms with Crippen molar-refractivity contribution in [3.8, 4) is 0 Å². The molecule has 0 spiro atoms. The second-order valence-corrected chi connectivity index (χ2v) is 4.59. The van der Waals surface area contributed by atoms with E-state index >= 15 is 0 Å². The lowest BCUT2D eigenvalue weighted by molar-refractivity contribution is 0.767. The van der Waals surface area contributed by atoms with Gasteiger partial charge in [0.2, 0.25) is 0 Å². The van der Waals surface area contributed by atoms with Crippen molar-refractivity contribution in [3.05, 3.63) is 10.5 Å². The van der Waals surface area contributed by atoms with E-state index in [0.29, 0.717) is 10.3 Å². The molecule has 13 heavy (non-hydrogen) atoms. The van der Waals surface area contributed by atoms with Gasteiger partial charge in [-0.05, 0) is 11.5 Å². The number of nitrogens with one attached hydrogen (secondary N) is 1. The highest BCUT2D eigenvalue weighted by Crippen LogP contribution is 2.14. The molecule has 0 atom stereocenters. The lowest BCUT2D eigenvalue weighted by Crippen LogP contribution is -2.13. The Hall–Kier alpha value is -0.490. The summed E-state index contributed by atoms with van der Waals surface area (Å²) in [6.45, 7) is 4.01. The van der Waals surface area contributed by atoms with Crippen LogP contribution < -0.4 is 5.69 Å². The molecule has 0 bridgehead atoms. The minimum Gasteiger partial charge on any atom is -0.285 e. The molecule has 0 aromatic carbocycles. The Bertz CT molecular complexity index is 299. The van der Waals surface area contributed by atoms with Crippen LogP contribution in [-0.4, -0.2) is 26.5 Å². The van der Waals surface area contributed by atoms with Gasteiger partial charge in [0, 0.05) is 0 Å². The Kier molecular flexibility index (Phi) is 4.31. The second kappa shape index (κ2) is 5.29. The van der Waals surface area contributed by atoms with Crippen LogP contribution in [0.5, 0.6) is 0 Å². The number of aromatic nitrogens is 3. The van der Waals surface area contributed by atoms with Gasteiger partial charge in [-0.15, -0.1) is 0 Å². The minimum absolute atomic E-state index is 0.318. The smallest absolute Gasteiger partial charge is 0.285 e. The van der Waals surface area contributed by atoms with Crippen molar-refractivity contribution in [1.82, 2.24) is 15.0 Å². The van der Waals surface area contributed by atoms with Gasteiger partial charge in [0.15, 0.2) is 10.3 Å². The Labute approximate surface area is 85.0 Å². The van der Waals surface area contributed by atoms with Gasteiger partial charge >= 0.3 is 5.69 Å². The third-order valence-electron chi connectivity index (χ3n) is 1.16. The molecule has 0 fully saturated rings. The molecule has 0 amide bonds. The highest BCUT2D eigenvalue weighted by molar-refractivity contribution is 7.99. The fraction of sp³-hybridized carbons (Fsp3) is 0.571. The second-order valence-electron chi connectivity index (χ2n) is 2.11. The first kappa shape index (κ1) is 10.6. The van der Waals surface area contributed by atoms with Gasteiger partial charge in [0.05, 0.1) is 0 Å². The number of thioether (sulfide) groups is 2. The van der Waals surface area contributed by atoms with Crippen LogP contribution in [0.2, 0.25) is 0 Å². The topological polar surface area (TPSA) is 58.6 Å². The fourth-order valence-corrected chi connectivity index (χ4v) is 1.95. The highest BCUT2D eigenvalue weighted by atomic mass is 32.2. The molecule has 0 radical (unpaired) electrons. The molecule has 0 saturated carbocycles. The molecule has 1 N–H and O–H groups in total. The van der Waals surface area contributed by atoms with Gasteiger partial charge in [0.25, 0.3) is 0 Å². The maximum Gasteiger partial charge on any atom is 0.349 e. The Morgan fingerprint density at radius 3 is 2.54 bits per heavy atom. The summed E-state index contributed by atoms with van der Waals surface area (Å²) in [6.07, 6.45) is 0. The van der Waals surface area contributed by atoms with Crippen molar-refractivity contribution >= 4 is 23.5 Å². The van der Waals surface area contributed by atoms with Crippen LogP contribution in [0.1, 0.15) is 13.8 Å². The number of hydrogen-bond donors (Lipinski definition) is 1. The van der Waals surface area contributed by atoms with E-state index in [1.54, 1.807) is 0 Å². The normalized spacial score (nSPS) is 10.3. The summed E-state index contributed by atoms with van der Waals surface area (Å²) in [4.78, 5) is 21.5. The summed E-state index contributed by atoms with van der Waals surface area (Å²) in [5.74, 6) is 1.77. The summed E-state index contributed by atoms with van der Waals surface area (Å²) >= 11 is 2.98. The van der Waals surface area contributed by atoms with E-state index in [1.807, 2.05) is 13.8 Å². The molecule has 72 valence electrons. The Balaban J connectivity index is 2.90. The quantitative estimate of drug-likeness (QED) is 0.772. The largest absolute Gasteiger partial charge is 0.349 e. The Morgan fingerprint density at radius 1 is 1.23 bits per heavy atom. The van der Waals surface area contributed by atoms with Crippen LogP contribution in [0.25, 0.3) is 0 Å². The van der Waals surface area contributed by atoms with Crippen LogP contribution in [-0.2, 0) is 0 Å². The molecular weight excluding hydrogens is 206 g/mol. The maximum atomic E-state index is 11.0. The number of hydrogen-bond acceptors (Lipinski definition) is 5. The van der Waals surface area contributed by atoms with Crippen LogP contribution in [0, 0.1) is 0 Å². The summed E-state index contributed by atoms with van der Waals surface area (Å²) in [7, 11) is 0. The lowest BCUT2D eigenvalue weighted by Gasteiger charge is -1.99. The molecule has 0 aliphatic carbocycles. The molecule has 0 aliphatic rings. The van der Waals surface area contributed by atoms with E-state index < -0.39 is 0 Å². The van der Waals surface area contributed by atoms with Crippen LogP contribution in [0.15, 0.2) is 15.1 Å². The van der Waals surface area contributed by atoms with E-state index in [-0.39, 0.29) is 5.69 Å². The first-order valence-corrected chi connectivity index (χ1v) is 5.97. The standard InChI is InChI=1S/C7H11N3OS2/c1-3-12-6-8-5(11)9-7(10-6)13-4-2/h3-4H2,1-2H3,(H,8,9,10,11). The molecular formula is C7H11N3OS2. The maximum absolute atomic E-state index is 11.0. The average molecular weight is 217 g/mol. The van der Waals surface area contributed by atoms with Crippen LogP contribution in [0.4, 0.5) is 0 Å². The predicted molar refractivity (Wildman–Crippen MR) is 55.4 cm³/mol. The van der Waals surface area contributed by atoms with Gasteiger partial charge in [-0.25, -0.2) is 4.79 Å². The zero-order chi connectivity index (χ0) is 9.68. The molecule has 0 aliphatic heterocycles. The van der Waals surface area contributed by atoms with Crippen molar-refractivity contribution in [2.24, 2.45) is 0 Å². The zero-order valence-corrected chi connectivity index (χ0v) is 9.17. The predicted octanol–water partition coefficient (Wildman–Crippen LogP) is 1.39. The molecule has 0 unspecified atom stereocenters. The van der Waals surface area contributed by atoms with Gasteiger partial charge < -0.3 is 0 Å². The molecule has 1 rings (SSSR count). The van der Waals surface area contributed by atoms with Gasteiger partial charge in [0.1, 0.15) is 0 Å². The highest BCUT2D eigenvalue weighted by Gasteiger charge is 2.01.